The number of hydrogen-bond donors (Lipinski definition) is 2. The number of carbonyl (C=O) groups is 1. The summed E-state index contributed by atoms with van der Waals surface area (Å²) >= 11 is 6.56. The lowest BCUT2D eigenvalue weighted by Gasteiger charge is -2.14. The van der Waals surface area contributed by atoms with E-state index in [1.807, 2.05) is 24.3 Å². The Morgan fingerprint density at radius 3 is 2.23 bits per heavy atom. The number of aromatic amines is 1. The van der Waals surface area contributed by atoms with Crippen LogP contribution in [0.2, 0.25) is 5.02 Å². The van der Waals surface area contributed by atoms with Gasteiger partial charge in [0.25, 0.3) is 0 Å². The number of amides is 1. The van der Waals surface area contributed by atoms with Gasteiger partial charge in [-0.25, -0.2) is 0 Å². The SMILES string of the molecule is CCCCCCCCCCCCCCNC(=O)CCOc1cccc(-c2nn3nc(C(C)(C)C)c(Cl)c3[nH]2)c1. The second-order valence-electron chi connectivity index (χ2n) is 11.6. The summed E-state index contributed by atoms with van der Waals surface area (Å²) in [5.41, 5.74) is 2.18. The number of halogens is 1. The van der Waals surface area contributed by atoms with Crippen LogP contribution in [0.4, 0.5) is 0 Å². The summed E-state index contributed by atoms with van der Waals surface area (Å²) in [6.45, 7) is 9.55. The number of benzene rings is 1. The minimum Gasteiger partial charge on any atom is -0.493 e. The molecule has 0 fully saturated rings. The summed E-state index contributed by atoms with van der Waals surface area (Å²) in [6, 6.07) is 7.64. The smallest absolute Gasteiger partial charge is 0.223 e. The maximum absolute atomic E-state index is 12.2. The molecule has 0 aliphatic heterocycles. The van der Waals surface area contributed by atoms with Crippen LogP contribution in [0, 0.1) is 0 Å². The molecule has 0 saturated heterocycles. The fourth-order valence-electron chi connectivity index (χ4n) is 4.68. The molecule has 0 aliphatic carbocycles. The van der Waals surface area contributed by atoms with Gasteiger partial charge < -0.3 is 15.0 Å². The van der Waals surface area contributed by atoms with Crippen LogP contribution in [0.3, 0.4) is 0 Å². The van der Waals surface area contributed by atoms with E-state index in [1.165, 1.54) is 70.6 Å². The predicted octanol–water partition coefficient (Wildman–Crippen LogP) is 8.26. The zero-order valence-electron chi connectivity index (χ0n) is 24.5. The van der Waals surface area contributed by atoms with Gasteiger partial charge in [-0.2, -0.15) is 5.10 Å². The van der Waals surface area contributed by atoms with E-state index >= 15 is 0 Å². The zero-order valence-corrected chi connectivity index (χ0v) is 25.2. The first-order valence-electron chi connectivity index (χ1n) is 14.9. The molecule has 7 nitrogen and oxygen atoms in total. The molecule has 0 radical (unpaired) electrons. The lowest BCUT2D eigenvalue weighted by molar-refractivity contribution is -0.121. The average molecular weight is 558 g/mol. The van der Waals surface area contributed by atoms with Crippen LogP contribution in [0.5, 0.6) is 5.75 Å². The van der Waals surface area contributed by atoms with Crippen LogP contribution in [0.1, 0.15) is 117 Å². The molecular weight excluding hydrogens is 510 g/mol. The van der Waals surface area contributed by atoms with Crippen LogP contribution >= 0.6 is 11.6 Å². The highest BCUT2D eigenvalue weighted by Gasteiger charge is 2.25. The van der Waals surface area contributed by atoms with E-state index in [-0.39, 0.29) is 11.3 Å². The largest absolute Gasteiger partial charge is 0.493 e. The molecule has 2 heterocycles. The molecule has 0 saturated carbocycles. The maximum Gasteiger partial charge on any atom is 0.223 e. The minimum absolute atomic E-state index is 0.0331. The third-order valence-electron chi connectivity index (χ3n) is 7.01. The van der Waals surface area contributed by atoms with Crippen molar-refractivity contribution in [1.82, 2.24) is 25.1 Å². The van der Waals surface area contributed by atoms with Crippen LogP contribution in [-0.4, -0.2) is 38.9 Å². The average Bonchev–Trinajstić information content (AvgIpc) is 3.46. The molecule has 2 N–H and O–H groups in total. The van der Waals surface area contributed by atoms with E-state index in [1.54, 1.807) is 4.63 Å². The number of unbranched alkanes of at least 4 members (excludes halogenated alkanes) is 11. The summed E-state index contributed by atoms with van der Waals surface area (Å²) in [7, 11) is 0. The van der Waals surface area contributed by atoms with E-state index in [0.717, 1.165) is 24.2 Å². The van der Waals surface area contributed by atoms with Gasteiger partial charge in [0, 0.05) is 17.5 Å². The topological polar surface area (TPSA) is 84.3 Å². The molecule has 3 rings (SSSR count). The molecule has 3 aromatic rings. The number of aromatic nitrogens is 4. The van der Waals surface area contributed by atoms with Gasteiger partial charge in [0.05, 0.1) is 18.7 Å². The highest BCUT2D eigenvalue weighted by Crippen LogP contribution is 2.32. The first kappa shape index (κ1) is 31.0. The van der Waals surface area contributed by atoms with E-state index in [4.69, 9.17) is 16.3 Å². The highest BCUT2D eigenvalue weighted by atomic mass is 35.5. The monoisotopic (exact) mass is 557 g/mol. The molecule has 0 atom stereocenters. The van der Waals surface area contributed by atoms with Crippen LogP contribution in [-0.2, 0) is 10.2 Å². The van der Waals surface area contributed by atoms with Crippen LogP contribution in [0.15, 0.2) is 24.3 Å². The second-order valence-corrected chi connectivity index (χ2v) is 12.0. The third kappa shape index (κ3) is 10.2. The molecule has 2 aromatic heterocycles. The molecule has 1 aromatic carbocycles. The molecule has 0 spiro atoms. The molecule has 1 amide bonds. The number of ether oxygens (including phenoxy) is 1. The Morgan fingerprint density at radius 1 is 0.974 bits per heavy atom. The molecule has 39 heavy (non-hydrogen) atoms. The van der Waals surface area contributed by atoms with Crippen molar-refractivity contribution in [3.63, 3.8) is 0 Å². The van der Waals surface area contributed by atoms with Gasteiger partial charge in [0.2, 0.25) is 5.91 Å². The van der Waals surface area contributed by atoms with Crippen molar-refractivity contribution in [1.29, 1.82) is 0 Å². The molecule has 0 aliphatic rings. The Morgan fingerprint density at radius 2 is 1.62 bits per heavy atom. The Bertz CT molecular complexity index is 1150. The molecular formula is C31H48ClN5O2. The van der Waals surface area contributed by atoms with E-state index < -0.39 is 0 Å². The summed E-state index contributed by atoms with van der Waals surface area (Å²) in [6.07, 6.45) is 16.1. The van der Waals surface area contributed by atoms with E-state index in [2.05, 4.69) is 48.2 Å². The van der Waals surface area contributed by atoms with Gasteiger partial charge in [-0.15, -0.1) is 9.73 Å². The van der Waals surface area contributed by atoms with Gasteiger partial charge in [-0.1, -0.05) is 122 Å². The number of fused-ring (bicyclic) bond motifs is 1. The quantitative estimate of drug-likeness (QED) is 0.154. The van der Waals surface area contributed by atoms with Crippen molar-refractivity contribution in [3.05, 3.63) is 35.0 Å². The number of nitrogens with zero attached hydrogens (tertiary/aromatic N) is 3. The Kier molecular flexibility index (Phi) is 12.6. The maximum atomic E-state index is 12.2. The first-order chi connectivity index (χ1) is 18.8. The molecule has 216 valence electrons. The molecule has 0 bridgehead atoms. The Hall–Kier alpha value is -2.54. The standard InChI is InChI=1S/C31H48ClN5O2/c1-5-6-7-8-9-10-11-12-13-14-15-16-21-33-26(38)20-22-39-25-19-17-18-24(23-25)29-34-30-27(32)28(31(2,3)4)35-37(30)36-29/h17-19,23H,5-16,20-22H2,1-4H3,(H,33,38)(H,34,36). The predicted molar refractivity (Wildman–Crippen MR) is 161 cm³/mol. The van der Waals surface area contributed by atoms with Crippen LogP contribution in [0.25, 0.3) is 17.0 Å². The summed E-state index contributed by atoms with van der Waals surface area (Å²) in [5, 5.41) is 12.7. The van der Waals surface area contributed by atoms with Crippen molar-refractivity contribution < 1.29 is 9.53 Å². The minimum atomic E-state index is -0.168. The Balaban J connectivity index is 1.29. The number of hydrogen-bond acceptors (Lipinski definition) is 4. The van der Waals surface area contributed by atoms with Crippen molar-refractivity contribution in [3.8, 4) is 17.1 Å². The van der Waals surface area contributed by atoms with Gasteiger partial charge in [-0.3, -0.25) is 4.79 Å². The van der Waals surface area contributed by atoms with Gasteiger partial charge in [-0.05, 0) is 18.6 Å². The number of carbonyl (C=O) groups excluding carboxylic acids is 1. The lowest BCUT2D eigenvalue weighted by atomic mass is 9.92. The number of nitrogens with one attached hydrogen (secondary N) is 2. The van der Waals surface area contributed by atoms with Gasteiger partial charge >= 0.3 is 0 Å². The fraction of sp³-hybridized carbons (Fsp3) is 0.645. The van der Waals surface area contributed by atoms with Crippen molar-refractivity contribution in [2.75, 3.05) is 13.2 Å². The van der Waals surface area contributed by atoms with Crippen molar-refractivity contribution in [2.45, 2.75) is 117 Å². The number of H-pyrrole nitrogens is 1. The fourth-order valence-corrected chi connectivity index (χ4v) is 5.13. The van der Waals surface area contributed by atoms with Crippen molar-refractivity contribution in [2.24, 2.45) is 0 Å². The molecule has 0 unspecified atom stereocenters. The van der Waals surface area contributed by atoms with Crippen LogP contribution < -0.4 is 10.1 Å². The number of rotatable bonds is 18. The van der Waals surface area contributed by atoms with Gasteiger partial charge in [0.15, 0.2) is 11.5 Å². The highest BCUT2D eigenvalue weighted by molar-refractivity contribution is 6.34. The van der Waals surface area contributed by atoms with E-state index in [0.29, 0.717) is 35.3 Å². The Labute approximate surface area is 239 Å². The third-order valence-corrected chi connectivity index (χ3v) is 7.37. The lowest BCUT2D eigenvalue weighted by Crippen LogP contribution is -2.25. The van der Waals surface area contributed by atoms with Gasteiger partial charge in [0.1, 0.15) is 10.8 Å². The summed E-state index contributed by atoms with van der Waals surface area (Å²) in [4.78, 5) is 15.5. The first-order valence-corrected chi connectivity index (χ1v) is 15.3. The zero-order chi connectivity index (χ0) is 28.1. The summed E-state index contributed by atoms with van der Waals surface area (Å²) < 4.78 is 7.40. The van der Waals surface area contributed by atoms with E-state index in [9.17, 15) is 4.79 Å². The molecule has 8 heteroatoms. The normalized spacial score (nSPS) is 11.8. The van der Waals surface area contributed by atoms with Crippen molar-refractivity contribution >= 4 is 23.2 Å². The second kappa shape index (κ2) is 15.9. The summed E-state index contributed by atoms with van der Waals surface area (Å²) in [5.74, 6) is 1.38.